The third kappa shape index (κ3) is 6.05. The van der Waals surface area contributed by atoms with Crippen molar-refractivity contribution in [3.8, 4) is 11.5 Å². The van der Waals surface area contributed by atoms with E-state index in [1.807, 2.05) is 73.1 Å². The Morgan fingerprint density at radius 1 is 1.10 bits per heavy atom. The maximum Gasteiger partial charge on any atom is 0.269 e. The number of ether oxygens (including phenoxy) is 2. The van der Waals surface area contributed by atoms with E-state index in [1.165, 1.54) is 6.20 Å². The zero-order chi connectivity index (χ0) is 28.2. The second kappa shape index (κ2) is 11.7. The van der Waals surface area contributed by atoms with Crippen molar-refractivity contribution in [1.29, 1.82) is 0 Å². The summed E-state index contributed by atoms with van der Waals surface area (Å²) < 4.78 is 13.7. The van der Waals surface area contributed by atoms with Gasteiger partial charge in [-0.25, -0.2) is 4.98 Å². The standard InChI is InChI=1S/C29H33N7O4/c1-30-27(37)25-16-22(11-12-31-25)40-21-9-10-26-24(15-21)33-29(35(26)4)32-20-7-5-19(6-8-20)28(38)36-13-14-39-23(18-36)17-34(2)3/h5-12,15-16,23H,13-14,17-18H2,1-4H3,(H,30,37)(H,32,33). The third-order valence-corrected chi connectivity index (χ3v) is 6.66. The smallest absolute Gasteiger partial charge is 0.269 e. The highest BCUT2D eigenvalue weighted by Crippen LogP contribution is 2.28. The molecular weight excluding hydrogens is 510 g/mol. The Hall–Kier alpha value is -4.48. The summed E-state index contributed by atoms with van der Waals surface area (Å²) in [5.41, 5.74) is 3.39. The van der Waals surface area contributed by atoms with Crippen molar-refractivity contribution in [1.82, 2.24) is 29.7 Å². The van der Waals surface area contributed by atoms with Gasteiger partial charge >= 0.3 is 0 Å². The van der Waals surface area contributed by atoms with Gasteiger partial charge in [0.25, 0.3) is 11.8 Å². The number of hydrogen-bond donors (Lipinski definition) is 2. The van der Waals surface area contributed by atoms with Crippen LogP contribution in [0.15, 0.2) is 60.8 Å². The second-order valence-corrected chi connectivity index (χ2v) is 9.91. The molecule has 1 atom stereocenters. The summed E-state index contributed by atoms with van der Waals surface area (Å²) in [5.74, 6) is 1.46. The summed E-state index contributed by atoms with van der Waals surface area (Å²) in [5, 5.41) is 5.89. The SMILES string of the molecule is CNC(=O)c1cc(Oc2ccc3c(c2)nc(Nc2ccc(C(=O)N4CCOC(CN(C)C)C4)cc2)n3C)ccn1. The summed E-state index contributed by atoms with van der Waals surface area (Å²) >= 11 is 0. The molecular formula is C29H33N7O4. The maximum atomic E-state index is 13.1. The number of fused-ring (bicyclic) bond motifs is 1. The van der Waals surface area contributed by atoms with Gasteiger partial charge in [-0.3, -0.25) is 14.6 Å². The number of rotatable bonds is 8. The molecule has 208 valence electrons. The number of imidazole rings is 1. The molecule has 0 bridgehead atoms. The van der Waals surface area contributed by atoms with Crippen LogP contribution >= 0.6 is 0 Å². The Balaban J connectivity index is 1.27. The topological polar surface area (TPSA) is 114 Å². The van der Waals surface area contributed by atoms with Crippen molar-refractivity contribution >= 4 is 34.5 Å². The predicted octanol–water partition coefficient (Wildman–Crippen LogP) is 3.27. The average Bonchev–Trinajstić information content (AvgIpc) is 3.26. The third-order valence-electron chi connectivity index (χ3n) is 6.66. The number of likely N-dealkylation sites (N-methyl/N-ethyl adjacent to an activating group) is 1. The van der Waals surface area contributed by atoms with Gasteiger partial charge in [0.15, 0.2) is 0 Å². The van der Waals surface area contributed by atoms with Crippen LogP contribution in [0.5, 0.6) is 11.5 Å². The number of anilines is 2. The summed E-state index contributed by atoms with van der Waals surface area (Å²) in [6.45, 7) is 2.49. The van der Waals surface area contributed by atoms with Crippen LogP contribution in [-0.4, -0.2) is 89.6 Å². The van der Waals surface area contributed by atoms with Crippen molar-refractivity contribution in [3.05, 3.63) is 72.1 Å². The van der Waals surface area contributed by atoms with Crippen LogP contribution in [-0.2, 0) is 11.8 Å². The van der Waals surface area contributed by atoms with Gasteiger partial charge in [-0.1, -0.05) is 0 Å². The Kier molecular flexibility index (Phi) is 7.94. The minimum atomic E-state index is -0.284. The van der Waals surface area contributed by atoms with Crippen molar-refractivity contribution < 1.29 is 19.1 Å². The van der Waals surface area contributed by atoms with E-state index in [0.717, 1.165) is 23.3 Å². The van der Waals surface area contributed by atoms with E-state index in [2.05, 4.69) is 20.5 Å². The quantitative estimate of drug-likeness (QED) is 0.348. The molecule has 2 amide bonds. The van der Waals surface area contributed by atoms with Gasteiger partial charge < -0.3 is 34.5 Å². The first kappa shape index (κ1) is 27.1. The second-order valence-electron chi connectivity index (χ2n) is 9.91. The van der Waals surface area contributed by atoms with Crippen LogP contribution < -0.4 is 15.4 Å². The van der Waals surface area contributed by atoms with Crippen molar-refractivity contribution in [2.75, 3.05) is 52.7 Å². The number of carbonyl (C=O) groups excluding carboxylic acids is 2. The lowest BCUT2D eigenvalue weighted by atomic mass is 10.1. The molecule has 2 N–H and O–H groups in total. The van der Waals surface area contributed by atoms with E-state index in [-0.39, 0.29) is 23.6 Å². The van der Waals surface area contributed by atoms with Gasteiger partial charge in [-0.2, -0.15) is 0 Å². The minimum Gasteiger partial charge on any atom is -0.457 e. The van der Waals surface area contributed by atoms with Crippen LogP contribution in [0.2, 0.25) is 0 Å². The Morgan fingerprint density at radius 3 is 2.62 bits per heavy atom. The number of hydrogen-bond acceptors (Lipinski definition) is 8. The summed E-state index contributed by atoms with van der Waals surface area (Å²) in [6.07, 6.45) is 1.55. The molecule has 2 aromatic carbocycles. The lowest BCUT2D eigenvalue weighted by molar-refractivity contribution is -0.0306. The highest BCUT2D eigenvalue weighted by molar-refractivity contribution is 5.95. The molecule has 40 heavy (non-hydrogen) atoms. The highest BCUT2D eigenvalue weighted by atomic mass is 16.5. The van der Waals surface area contributed by atoms with Crippen LogP contribution in [0.1, 0.15) is 20.8 Å². The molecule has 1 fully saturated rings. The predicted molar refractivity (Wildman–Crippen MR) is 152 cm³/mol. The van der Waals surface area contributed by atoms with Crippen LogP contribution in [0.25, 0.3) is 11.0 Å². The molecule has 1 saturated heterocycles. The van der Waals surface area contributed by atoms with E-state index in [9.17, 15) is 9.59 Å². The molecule has 11 nitrogen and oxygen atoms in total. The zero-order valence-corrected chi connectivity index (χ0v) is 23.0. The molecule has 2 aromatic heterocycles. The Bertz CT molecular complexity index is 1520. The van der Waals surface area contributed by atoms with Crippen molar-refractivity contribution in [2.24, 2.45) is 7.05 Å². The molecule has 5 rings (SSSR count). The molecule has 0 spiro atoms. The lowest BCUT2D eigenvalue weighted by Crippen LogP contribution is -2.48. The number of aryl methyl sites for hydroxylation is 1. The van der Waals surface area contributed by atoms with Gasteiger partial charge in [0.2, 0.25) is 5.95 Å². The van der Waals surface area contributed by atoms with Gasteiger partial charge in [0.1, 0.15) is 17.2 Å². The van der Waals surface area contributed by atoms with Crippen LogP contribution in [0.3, 0.4) is 0 Å². The number of morpholine rings is 1. The molecule has 0 radical (unpaired) electrons. The number of benzene rings is 2. The minimum absolute atomic E-state index is 0.00510. The van der Waals surface area contributed by atoms with Crippen molar-refractivity contribution in [3.63, 3.8) is 0 Å². The fraction of sp³-hybridized carbons (Fsp3) is 0.310. The highest BCUT2D eigenvalue weighted by Gasteiger charge is 2.25. The fourth-order valence-corrected chi connectivity index (χ4v) is 4.65. The van der Waals surface area contributed by atoms with Gasteiger partial charge in [0.05, 0.1) is 23.7 Å². The zero-order valence-electron chi connectivity index (χ0n) is 23.0. The van der Waals surface area contributed by atoms with Gasteiger partial charge in [-0.05, 0) is 56.6 Å². The first-order chi connectivity index (χ1) is 19.3. The average molecular weight is 544 g/mol. The van der Waals surface area contributed by atoms with Crippen molar-refractivity contribution in [2.45, 2.75) is 6.10 Å². The molecule has 4 aromatic rings. The molecule has 3 heterocycles. The van der Waals surface area contributed by atoms with E-state index in [1.54, 1.807) is 19.2 Å². The van der Waals surface area contributed by atoms with E-state index in [0.29, 0.717) is 42.7 Å². The number of aromatic nitrogens is 3. The number of nitrogens with one attached hydrogen (secondary N) is 2. The number of pyridine rings is 1. The molecule has 1 unspecified atom stereocenters. The van der Waals surface area contributed by atoms with Gasteiger partial charge in [-0.15, -0.1) is 0 Å². The first-order valence-electron chi connectivity index (χ1n) is 13.1. The first-order valence-corrected chi connectivity index (χ1v) is 13.1. The monoisotopic (exact) mass is 543 g/mol. The Labute approximate surface area is 232 Å². The summed E-state index contributed by atoms with van der Waals surface area (Å²) in [6, 6.07) is 16.3. The molecule has 1 aliphatic rings. The molecule has 0 saturated carbocycles. The number of carbonyl (C=O) groups is 2. The van der Waals surface area contributed by atoms with E-state index in [4.69, 9.17) is 14.5 Å². The van der Waals surface area contributed by atoms with E-state index < -0.39 is 0 Å². The van der Waals surface area contributed by atoms with E-state index >= 15 is 0 Å². The van der Waals surface area contributed by atoms with Crippen LogP contribution in [0, 0.1) is 0 Å². The normalized spacial score (nSPS) is 15.3. The summed E-state index contributed by atoms with van der Waals surface area (Å²) in [7, 11) is 7.48. The number of nitrogens with zero attached hydrogens (tertiary/aromatic N) is 5. The van der Waals surface area contributed by atoms with Crippen LogP contribution in [0.4, 0.5) is 11.6 Å². The summed E-state index contributed by atoms with van der Waals surface area (Å²) in [4.78, 5) is 37.7. The lowest BCUT2D eigenvalue weighted by Gasteiger charge is -2.34. The molecule has 11 heteroatoms. The fourth-order valence-electron chi connectivity index (χ4n) is 4.65. The maximum absolute atomic E-state index is 13.1. The number of amides is 2. The Morgan fingerprint density at radius 2 is 1.88 bits per heavy atom. The molecule has 1 aliphatic heterocycles. The van der Waals surface area contributed by atoms with Gasteiger partial charge in [0, 0.05) is 63.3 Å². The molecule has 0 aliphatic carbocycles. The largest absolute Gasteiger partial charge is 0.457 e.